The molecule has 2 fully saturated rings. The van der Waals surface area contributed by atoms with Crippen molar-refractivity contribution in [2.24, 2.45) is 5.92 Å². The van der Waals surface area contributed by atoms with Crippen molar-refractivity contribution < 1.29 is 14.0 Å². The van der Waals surface area contributed by atoms with E-state index in [2.05, 4.69) is 11.3 Å². The van der Waals surface area contributed by atoms with E-state index in [4.69, 9.17) is 9.47 Å². The van der Waals surface area contributed by atoms with Gasteiger partial charge >= 0.3 is 0 Å². The Morgan fingerprint density at radius 1 is 1.30 bits per heavy atom. The highest BCUT2D eigenvalue weighted by Gasteiger charge is 2.42. The Balaban J connectivity index is 1.88. The summed E-state index contributed by atoms with van der Waals surface area (Å²) in [6, 6.07) is 0.0915. The third-order valence-corrected chi connectivity index (χ3v) is 5.77. The average molecular weight is 301 g/mol. The summed E-state index contributed by atoms with van der Waals surface area (Å²) in [5, 5.41) is 0. The first-order valence-corrected chi connectivity index (χ1v) is 8.60. The summed E-state index contributed by atoms with van der Waals surface area (Å²) in [4.78, 5) is 0. The lowest BCUT2D eigenvalue weighted by Crippen LogP contribution is -2.48. The standard InChI is InChI=1S/C15H27NO3S/c1-5-13(16-20(17)14(2,3)4)12-6-8-15(9-7-12)18-10-11-19-15/h5,12-13,16H,1,6-11H2,2-4H3. The molecule has 2 rings (SSSR count). The van der Waals surface area contributed by atoms with Crippen LogP contribution in [0.1, 0.15) is 46.5 Å². The van der Waals surface area contributed by atoms with Crippen LogP contribution < -0.4 is 4.72 Å². The first-order chi connectivity index (χ1) is 9.36. The number of nitrogens with one attached hydrogen (secondary N) is 1. The van der Waals surface area contributed by atoms with Crippen LogP contribution in [0.2, 0.25) is 0 Å². The van der Waals surface area contributed by atoms with Crippen molar-refractivity contribution in [2.75, 3.05) is 13.2 Å². The molecule has 1 aliphatic heterocycles. The van der Waals surface area contributed by atoms with E-state index in [1.165, 1.54) is 0 Å². The van der Waals surface area contributed by atoms with Crippen LogP contribution in [0.5, 0.6) is 0 Å². The van der Waals surface area contributed by atoms with Crippen molar-refractivity contribution in [3.05, 3.63) is 12.7 Å². The van der Waals surface area contributed by atoms with Crippen molar-refractivity contribution in [1.29, 1.82) is 0 Å². The van der Waals surface area contributed by atoms with Gasteiger partial charge in [-0.3, -0.25) is 0 Å². The van der Waals surface area contributed by atoms with Crippen LogP contribution in [0.25, 0.3) is 0 Å². The highest BCUT2D eigenvalue weighted by atomic mass is 32.2. The van der Waals surface area contributed by atoms with E-state index in [-0.39, 0.29) is 16.6 Å². The molecular formula is C15H27NO3S. The molecule has 2 atom stereocenters. The van der Waals surface area contributed by atoms with Crippen LogP contribution >= 0.6 is 0 Å². The molecule has 5 heteroatoms. The molecule has 0 aromatic rings. The van der Waals surface area contributed by atoms with Gasteiger partial charge in [0.15, 0.2) is 5.79 Å². The molecule has 4 nitrogen and oxygen atoms in total. The van der Waals surface area contributed by atoms with Crippen LogP contribution in [0, 0.1) is 5.92 Å². The van der Waals surface area contributed by atoms with Crippen molar-refractivity contribution >= 4 is 11.4 Å². The lowest BCUT2D eigenvalue weighted by Gasteiger charge is -2.38. The van der Waals surface area contributed by atoms with Crippen LogP contribution in [0.3, 0.4) is 0 Å². The van der Waals surface area contributed by atoms with E-state index in [0.29, 0.717) is 19.1 Å². The van der Waals surface area contributed by atoms with Gasteiger partial charge < -0.3 is 14.0 Å². The van der Waals surface area contributed by atoms with Crippen LogP contribution in [0.4, 0.5) is 0 Å². The van der Waals surface area contributed by atoms with E-state index in [0.717, 1.165) is 25.7 Å². The molecular weight excluding hydrogens is 274 g/mol. The van der Waals surface area contributed by atoms with Crippen LogP contribution in [0.15, 0.2) is 12.7 Å². The SMILES string of the molecule is C=CC(N[S+]([O-])C(C)(C)C)C1CCC2(CC1)OCCO2. The first kappa shape index (κ1) is 16.3. The fraction of sp³-hybridized carbons (Fsp3) is 0.867. The molecule has 0 radical (unpaired) electrons. The van der Waals surface area contributed by atoms with Gasteiger partial charge in [0, 0.05) is 24.2 Å². The molecule has 2 unspecified atom stereocenters. The summed E-state index contributed by atoms with van der Waals surface area (Å²) in [7, 11) is 0. The summed E-state index contributed by atoms with van der Waals surface area (Å²) >= 11 is -1.06. The normalized spacial score (nSPS) is 26.6. The lowest BCUT2D eigenvalue weighted by molar-refractivity contribution is -0.182. The van der Waals surface area contributed by atoms with Gasteiger partial charge in [0.1, 0.15) is 4.75 Å². The molecule has 0 amide bonds. The van der Waals surface area contributed by atoms with Gasteiger partial charge in [-0.25, -0.2) is 0 Å². The quantitative estimate of drug-likeness (QED) is 0.640. The van der Waals surface area contributed by atoms with E-state index in [1.54, 1.807) is 0 Å². The van der Waals surface area contributed by atoms with Crippen molar-refractivity contribution in [2.45, 2.75) is 63.0 Å². The first-order valence-electron chi connectivity index (χ1n) is 7.45. The van der Waals surface area contributed by atoms with Gasteiger partial charge in [0.25, 0.3) is 0 Å². The summed E-state index contributed by atoms with van der Waals surface area (Å²) in [5.74, 6) is 0.128. The minimum Gasteiger partial charge on any atom is -0.598 e. The highest BCUT2D eigenvalue weighted by molar-refractivity contribution is 7.90. The maximum atomic E-state index is 12.2. The fourth-order valence-corrected chi connectivity index (χ4v) is 3.75. The lowest BCUT2D eigenvalue weighted by atomic mass is 9.81. The number of rotatable bonds is 4. The van der Waals surface area contributed by atoms with E-state index in [9.17, 15) is 4.55 Å². The zero-order valence-corrected chi connectivity index (χ0v) is 13.6. The molecule has 1 saturated heterocycles. The zero-order valence-electron chi connectivity index (χ0n) is 12.8. The molecule has 1 heterocycles. The molecule has 1 N–H and O–H groups in total. The average Bonchev–Trinajstić information content (AvgIpc) is 2.84. The van der Waals surface area contributed by atoms with Crippen LogP contribution in [-0.2, 0) is 20.8 Å². The maximum absolute atomic E-state index is 12.2. The van der Waals surface area contributed by atoms with Gasteiger partial charge in [-0.1, -0.05) is 6.08 Å². The Morgan fingerprint density at radius 3 is 2.30 bits per heavy atom. The third-order valence-electron chi connectivity index (χ3n) is 4.17. The highest BCUT2D eigenvalue weighted by Crippen LogP contribution is 2.39. The maximum Gasteiger partial charge on any atom is 0.168 e. The van der Waals surface area contributed by atoms with E-state index < -0.39 is 11.4 Å². The molecule has 20 heavy (non-hydrogen) atoms. The molecule has 2 aliphatic rings. The molecule has 0 aromatic heterocycles. The Hall–Kier alpha value is -0.0700. The van der Waals surface area contributed by atoms with Gasteiger partial charge in [-0.05, 0) is 39.5 Å². The summed E-state index contributed by atoms with van der Waals surface area (Å²) in [6.07, 6.45) is 5.77. The van der Waals surface area contributed by atoms with Gasteiger partial charge in [0.05, 0.1) is 19.3 Å². The molecule has 1 saturated carbocycles. The number of ether oxygens (including phenoxy) is 2. The second kappa shape index (κ2) is 6.36. The molecule has 0 aromatic carbocycles. The van der Waals surface area contributed by atoms with Crippen LogP contribution in [-0.4, -0.2) is 34.3 Å². The largest absolute Gasteiger partial charge is 0.598 e. The van der Waals surface area contributed by atoms with E-state index >= 15 is 0 Å². The number of hydrogen-bond donors (Lipinski definition) is 1. The Kier molecular flexibility index (Phi) is 5.19. The van der Waals surface area contributed by atoms with Gasteiger partial charge in [-0.2, -0.15) is 0 Å². The predicted molar refractivity (Wildman–Crippen MR) is 81.6 cm³/mol. The minimum atomic E-state index is -1.06. The number of hydrogen-bond acceptors (Lipinski definition) is 4. The topological polar surface area (TPSA) is 53.5 Å². The molecule has 0 bridgehead atoms. The van der Waals surface area contributed by atoms with E-state index in [1.807, 2.05) is 26.8 Å². The van der Waals surface area contributed by atoms with Crippen molar-refractivity contribution in [3.63, 3.8) is 0 Å². The second-order valence-corrected chi connectivity index (χ2v) is 8.70. The molecule has 1 spiro atoms. The predicted octanol–water partition coefficient (Wildman–Crippen LogP) is 2.53. The third kappa shape index (κ3) is 3.77. The summed E-state index contributed by atoms with van der Waals surface area (Å²) in [6.45, 7) is 11.3. The Bertz CT molecular complexity index is 327. The Labute approximate surface area is 125 Å². The molecule has 1 aliphatic carbocycles. The summed E-state index contributed by atoms with van der Waals surface area (Å²) < 4.78 is 26.7. The van der Waals surface area contributed by atoms with Gasteiger partial charge in [-0.15, -0.1) is 11.3 Å². The van der Waals surface area contributed by atoms with Crippen molar-refractivity contribution in [1.82, 2.24) is 4.72 Å². The smallest absolute Gasteiger partial charge is 0.168 e. The monoisotopic (exact) mass is 301 g/mol. The van der Waals surface area contributed by atoms with Crippen molar-refractivity contribution in [3.8, 4) is 0 Å². The fourth-order valence-electron chi connectivity index (χ4n) is 2.86. The summed E-state index contributed by atoms with van der Waals surface area (Å²) in [5.41, 5.74) is 0. The Morgan fingerprint density at radius 2 is 1.85 bits per heavy atom. The minimum absolute atomic E-state index is 0.0915. The van der Waals surface area contributed by atoms with Gasteiger partial charge in [0.2, 0.25) is 0 Å². The zero-order chi connectivity index (χ0) is 14.8. The second-order valence-electron chi connectivity index (χ2n) is 6.71. The molecule has 116 valence electrons.